The first kappa shape index (κ1) is 12.8. The average molecular weight is 281 g/mol. The lowest BCUT2D eigenvalue weighted by atomic mass is 10.1. The van der Waals surface area contributed by atoms with Gasteiger partial charge in [0.2, 0.25) is 0 Å². The lowest BCUT2D eigenvalue weighted by Gasteiger charge is -2.09. The van der Waals surface area contributed by atoms with Gasteiger partial charge in [-0.3, -0.25) is 0 Å². The smallest absolute Gasteiger partial charge is 0.102 e. The van der Waals surface area contributed by atoms with E-state index in [1.165, 1.54) is 5.56 Å². The van der Waals surface area contributed by atoms with Gasteiger partial charge in [0.1, 0.15) is 6.07 Å². The second kappa shape index (κ2) is 4.70. The summed E-state index contributed by atoms with van der Waals surface area (Å²) in [5, 5.41) is 11.0. The van der Waals surface area contributed by atoms with Gasteiger partial charge in [-0.25, -0.2) is 0 Å². The molecular formula is C17H13ClN2. The largest absolute Gasteiger partial charge is 0.312 e. The van der Waals surface area contributed by atoms with Crippen molar-refractivity contribution in [2.75, 3.05) is 0 Å². The summed E-state index contributed by atoms with van der Waals surface area (Å²) in [6.07, 6.45) is 0. The first-order valence-corrected chi connectivity index (χ1v) is 6.77. The molecule has 0 spiro atoms. The van der Waals surface area contributed by atoms with Crippen LogP contribution in [0.3, 0.4) is 0 Å². The molecule has 0 unspecified atom stereocenters. The van der Waals surface area contributed by atoms with Crippen LogP contribution in [0.2, 0.25) is 5.02 Å². The van der Waals surface area contributed by atoms with Gasteiger partial charge in [-0.2, -0.15) is 5.26 Å². The molecule has 0 aliphatic carbocycles. The van der Waals surface area contributed by atoms with Gasteiger partial charge in [0.15, 0.2) is 0 Å². The highest BCUT2D eigenvalue weighted by Crippen LogP contribution is 2.30. The van der Waals surface area contributed by atoms with Gasteiger partial charge in [0.25, 0.3) is 0 Å². The van der Waals surface area contributed by atoms with Crippen LogP contribution in [-0.4, -0.2) is 4.57 Å². The summed E-state index contributed by atoms with van der Waals surface area (Å²) < 4.78 is 2.08. The van der Waals surface area contributed by atoms with Crippen LogP contribution in [0.25, 0.3) is 16.6 Å². The molecule has 0 fully saturated rings. The minimum Gasteiger partial charge on any atom is -0.312 e. The number of nitriles is 1. The summed E-state index contributed by atoms with van der Waals surface area (Å²) in [6.45, 7) is 4.02. The molecule has 0 aliphatic heterocycles. The topological polar surface area (TPSA) is 28.7 Å². The molecule has 2 aromatic carbocycles. The van der Waals surface area contributed by atoms with Crippen molar-refractivity contribution in [2.24, 2.45) is 0 Å². The molecule has 0 aliphatic rings. The van der Waals surface area contributed by atoms with E-state index < -0.39 is 0 Å². The normalized spacial score (nSPS) is 10.7. The van der Waals surface area contributed by atoms with Crippen molar-refractivity contribution in [3.63, 3.8) is 0 Å². The first-order chi connectivity index (χ1) is 9.61. The van der Waals surface area contributed by atoms with Gasteiger partial charge in [-0.1, -0.05) is 29.3 Å². The highest BCUT2D eigenvalue weighted by Gasteiger charge is 2.15. The van der Waals surface area contributed by atoms with Crippen molar-refractivity contribution in [1.29, 1.82) is 5.26 Å². The van der Waals surface area contributed by atoms with E-state index in [0.717, 1.165) is 22.3 Å². The standard InChI is InChI=1S/C17H13ClN2/c1-11-3-6-14(7-4-11)20-12(2)16(10-19)15-8-5-13(18)9-17(15)20/h3-9H,1-2H3. The fourth-order valence-electron chi connectivity index (χ4n) is 2.56. The van der Waals surface area contributed by atoms with Gasteiger partial charge in [0, 0.05) is 21.8 Å². The molecule has 1 aromatic heterocycles. The Morgan fingerprint density at radius 3 is 2.40 bits per heavy atom. The van der Waals surface area contributed by atoms with Crippen molar-refractivity contribution in [1.82, 2.24) is 4.57 Å². The number of aromatic nitrogens is 1. The van der Waals surface area contributed by atoms with Crippen LogP contribution in [0.1, 0.15) is 16.8 Å². The van der Waals surface area contributed by atoms with Crippen molar-refractivity contribution in [2.45, 2.75) is 13.8 Å². The Bertz CT molecular complexity index is 836. The number of rotatable bonds is 1. The van der Waals surface area contributed by atoms with E-state index >= 15 is 0 Å². The van der Waals surface area contributed by atoms with E-state index in [1.54, 1.807) is 0 Å². The minimum absolute atomic E-state index is 0.674. The van der Waals surface area contributed by atoms with Gasteiger partial charge in [-0.15, -0.1) is 0 Å². The predicted molar refractivity (Wildman–Crippen MR) is 82.5 cm³/mol. The Morgan fingerprint density at radius 1 is 1.05 bits per heavy atom. The van der Waals surface area contributed by atoms with Crippen molar-refractivity contribution >= 4 is 22.5 Å². The average Bonchev–Trinajstić information content (AvgIpc) is 2.71. The quantitative estimate of drug-likeness (QED) is 0.631. The predicted octanol–water partition coefficient (Wildman–Crippen LogP) is 4.77. The van der Waals surface area contributed by atoms with Crippen molar-refractivity contribution in [3.8, 4) is 11.8 Å². The molecule has 1 heterocycles. The van der Waals surface area contributed by atoms with Gasteiger partial charge in [-0.05, 0) is 44.2 Å². The third kappa shape index (κ3) is 1.88. The Labute approximate surface area is 122 Å². The Balaban J connectivity index is 2.40. The Morgan fingerprint density at radius 2 is 1.75 bits per heavy atom. The zero-order chi connectivity index (χ0) is 14.3. The zero-order valence-corrected chi connectivity index (χ0v) is 12.1. The van der Waals surface area contributed by atoms with Crippen LogP contribution < -0.4 is 0 Å². The van der Waals surface area contributed by atoms with Crippen LogP contribution in [0.5, 0.6) is 0 Å². The van der Waals surface area contributed by atoms with Crippen LogP contribution in [-0.2, 0) is 0 Å². The van der Waals surface area contributed by atoms with Crippen molar-refractivity contribution in [3.05, 3.63) is 64.3 Å². The van der Waals surface area contributed by atoms with E-state index in [-0.39, 0.29) is 0 Å². The van der Waals surface area contributed by atoms with Gasteiger partial charge >= 0.3 is 0 Å². The summed E-state index contributed by atoms with van der Waals surface area (Å²) in [7, 11) is 0. The number of nitrogens with zero attached hydrogens (tertiary/aromatic N) is 2. The molecule has 0 bridgehead atoms. The Kier molecular flexibility index (Phi) is 3.00. The maximum Gasteiger partial charge on any atom is 0.102 e. The molecule has 98 valence electrons. The van der Waals surface area contributed by atoms with Crippen molar-refractivity contribution < 1.29 is 0 Å². The highest BCUT2D eigenvalue weighted by atomic mass is 35.5. The summed E-state index contributed by atoms with van der Waals surface area (Å²) >= 11 is 6.11. The number of benzene rings is 2. The Hall–Kier alpha value is -2.24. The maximum atomic E-state index is 9.39. The van der Waals surface area contributed by atoms with Gasteiger partial charge in [0.05, 0.1) is 11.1 Å². The second-order valence-electron chi connectivity index (χ2n) is 4.90. The molecule has 3 rings (SSSR count). The SMILES string of the molecule is Cc1ccc(-n2c(C)c(C#N)c3ccc(Cl)cc32)cc1. The molecule has 0 radical (unpaired) electrons. The van der Waals surface area contributed by atoms with Gasteiger partial charge < -0.3 is 4.57 Å². The molecule has 0 N–H and O–H groups in total. The lowest BCUT2D eigenvalue weighted by molar-refractivity contribution is 1.05. The highest BCUT2D eigenvalue weighted by molar-refractivity contribution is 6.31. The number of aryl methyl sites for hydroxylation is 1. The molecule has 3 heteroatoms. The van der Waals surface area contributed by atoms with E-state index in [0.29, 0.717) is 10.6 Å². The molecule has 3 aromatic rings. The second-order valence-corrected chi connectivity index (χ2v) is 5.34. The number of hydrogen-bond acceptors (Lipinski definition) is 1. The number of hydrogen-bond donors (Lipinski definition) is 0. The minimum atomic E-state index is 0.674. The fourth-order valence-corrected chi connectivity index (χ4v) is 2.72. The maximum absolute atomic E-state index is 9.39. The molecular weight excluding hydrogens is 268 g/mol. The molecule has 0 atom stereocenters. The molecule has 20 heavy (non-hydrogen) atoms. The van der Waals surface area contributed by atoms with Crippen LogP contribution in [0.15, 0.2) is 42.5 Å². The fraction of sp³-hybridized carbons (Fsp3) is 0.118. The van der Waals surface area contributed by atoms with Crippen LogP contribution >= 0.6 is 11.6 Å². The van der Waals surface area contributed by atoms with Crippen LogP contribution in [0, 0.1) is 25.2 Å². The summed E-state index contributed by atoms with van der Waals surface area (Å²) in [6, 6.07) is 16.2. The molecule has 0 saturated carbocycles. The monoisotopic (exact) mass is 280 g/mol. The third-order valence-electron chi connectivity index (χ3n) is 3.57. The molecule has 0 amide bonds. The summed E-state index contributed by atoms with van der Waals surface area (Å²) in [4.78, 5) is 0. The molecule has 0 saturated heterocycles. The number of fused-ring (bicyclic) bond motifs is 1. The van der Waals surface area contributed by atoms with Crippen LogP contribution in [0.4, 0.5) is 0 Å². The van der Waals surface area contributed by atoms with E-state index in [9.17, 15) is 5.26 Å². The summed E-state index contributed by atoms with van der Waals surface area (Å²) in [5.41, 5.74) is 4.87. The first-order valence-electron chi connectivity index (χ1n) is 6.39. The van der Waals surface area contributed by atoms with E-state index in [4.69, 9.17) is 11.6 Å². The van der Waals surface area contributed by atoms with E-state index in [1.807, 2.05) is 25.1 Å². The zero-order valence-electron chi connectivity index (χ0n) is 11.3. The third-order valence-corrected chi connectivity index (χ3v) is 3.81. The van der Waals surface area contributed by atoms with E-state index in [2.05, 4.69) is 41.8 Å². The molecule has 2 nitrogen and oxygen atoms in total. The number of halogens is 1. The summed E-state index contributed by atoms with van der Waals surface area (Å²) in [5.74, 6) is 0. The lowest BCUT2D eigenvalue weighted by Crippen LogP contribution is -1.96.